The molecule has 516 valence electrons. The van der Waals surface area contributed by atoms with Gasteiger partial charge in [0.05, 0.1) is 22.8 Å². The molecule has 0 bridgehead atoms. The molecule has 6 nitrogen and oxygen atoms in total. The monoisotopic (exact) mass is 1350 g/mol. The van der Waals surface area contributed by atoms with Crippen LogP contribution in [-0.2, 0) is 32.9 Å². The number of fused-ring (bicyclic) bond motifs is 3. The Morgan fingerprint density at radius 1 is 0.280 bits per heavy atom. The molecule has 0 saturated heterocycles. The molecule has 0 radical (unpaired) electrons. The van der Waals surface area contributed by atoms with Crippen molar-refractivity contribution in [2.24, 2.45) is 0 Å². The summed E-state index contributed by atoms with van der Waals surface area (Å²) in [6.45, 7) is 50.0. The van der Waals surface area contributed by atoms with Crippen LogP contribution in [0.5, 0.6) is 0 Å². The zero-order valence-corrected chi connectivity index (χ0v) is 62.8. The lowest BCUT2D eigenvalue weighted by molar-refractivity contribution is -0.720. The van der Waals surface area contributed by atoms with E-state index in [-0.39, 0.29) is 44.8 Å². The van der Waals surface area contributed by atoms with Gasteiger partial charge in [-0.25, -0.2) is 36.9 Å². The van der Waals surface area contributed by atoms with Gasteiger partial charge in [-0.1, -0.05) is 128 Å². The van der Waals surface area contributed by atoms with Crippen LogP contribution in [-0.4, -0.2) is 15.0 Å². The van der Waals surface area contributed by atoms with Crippen molar-refractivity contribution < 1.29 is 35.7 Å². The predicted molar refractivity (Wildman–Crippen MR) is 403 cm³/mol. The van der Waals surface area contributed by atoms with Crippen LogP contribution in [0.15, 0.2) is 176 Å². The maximum Gasteiger partial charge on any atom is 0.240 e. The quantitative estimate of drug-likeness (QED) is 0.123. The number of aromatic nitrogens is 6. The molecule has 0 aliphatic rings. The van der Waals surface area contributed by atoms with E-state index in [1.54, 1.807) is 12.1 Å². The lowest BCUT2D eigenvalue weighted by atomic mass is 9.81. The molecule has 0 amide bonds. The molecule has 0 saturated carbocycles. The average Bonchev–Trinajstić information content (AvgIpc) is 0.764. The van der Waals surface area contributed by atoms with Crippen LogP contribution in [0.2, 0.25) is 0 Å². The number of aryl methyl sites for hydroxylation is 5. The van der Waals surface area contributed by atoms with Crippen LogP contribution in [0, 0.1) is 63.7 Å². The third kappa shape index (κ3) is 15.3. The molecule has 3 heterocycles. The Bertz CT molecular complexity index is 4870. The summed E-state index contributed by atoms with van der Waals surface area (Å²) in [4.78, 5) is 15.2. The van der Waals surface area contributed by atoms with Gasteiger partial charge >= 0.3 is 0 Å². The number of hydrogen-bond acceptors (Lipinski definition) is 3. The first-order valence-electron chi connectivity index (χ1n) is 34.6. The van der Waals surface area contributed by atoms with Crippen molar-refractivity contribution in [1.29, 1.82) is 0 Å². The Hall–Kier alpha value is -9.35. The van der Waals surface area contributed by atoms with Gasteiger partial charge in [-0.3, -0.25) is 0 Å². The van der Waals surface area contributed by atoms with Crippen LogP contribution in [0.1, 0.15) is 169 Å². The first kappa shape index (κ1) is 73.4. The molecule has 0 fully saturated rings. The second-order valence-corrected chi connectivity index (χ2v) is 33.0. The third-order valence-electron chi connectivity index (χ3n) is 18.3. The zero-order valence-electron chi connectivity index (χ0n) is 62.8. The number of nitrogens with zero attached hydrogens (tertiary/aromatic N) is 6. The maximum absolute atomic E-state index is 14.5. The summed E-state index contributed by atoms with van der Waals surface area (Å²) in [5, 5.41) is 0. The number of halogens is 5. The van der Waals surface area contributed by atoms with E-state index >= 15 is 0 Å². The molecule has 0 atom stereocenters. The summed E-state index contributed by atoms with van der Waals surface area (Å²) in [6, 6.07) is 54.2. The summed E-state index contributed by atoms with van der Waals surface area (Å²) in [7, 11) is 0. The molecular weight excluding hydrogens is 1250 g/mol. The van der Waals surface area contributed by atoms with Gasteiger partial charge in [0, 0.05) is 97.2 Å². The first-order chi connectivity index (χ1) is 46.5. The van der Waals surface area contributed by atoms with Crippen molar-refractivity contribution in [3.63, 3.8) is 0 Å². The van der Waals surface area contributed by atoms with E-state index in [0.717, 1.165) is 90.0 Å². The number of hydrogen-bond donors (Lipinski definition) is 0. The molecule has 0 aliphatic carbocycles. The summed E-state index contributed by atoms with van der Waals surface area (Å²) in [5.41, 5.74) is 24.4. The normalized spacial score (nSPS) is 12.4. The number of para-hydroxylation sites is 2. The number of benzene rings is 9. The van der Waals surface area contributed by atoms with Crippen LogP contribution in [0.3, 0.4) is 0 Å². The van der Waals surface area contributed by atoms with Gasteiger partial charge in [0.15, 0.2) is 28.3 Å². The minimum absolute atomic E-state index is 0.0528. The fourth-order valence-corrected chi connectivity index (χ4v) is 13.5. The lowest BCUT2D eigenvalue weighted by Crippen LogP contribution is -2.53. The van der Waals surface area contributed by atoms with Crippen molar-refractivity contribution in [3.8, 4) is 67.5 Å². The molecule has 100 heavy (non-hydrogen) atoms. The highest BCUT2D eigenvalue weighted by molar-refractivity contribution is 5.87. The van der Waals surface area contributed by atoms with Crippen LogP contribution in [0.4, 0.5) is 22.0 Å². The van der Waals surface area contributed by atoms with Crippen molar-refractivity contribution in [3.05, 3.63) is 250 Å². The van der Waals surface area contributed by atoms with Crippen LogP contribution >= 0.6 is 0 Å². The van der Waals surface area contributed by atoms with Crippen LogP contribution in [0.25, 0.3) is 101 Å². The largest absolute Gasteiger partial charge is 0.240 e. The smallest absolute Gasteiger partial charge is 0.234 e. The van der Waals surface area contributed by atoms with E-state index in [0.29, 0.717) is 22.3 Å². The van der Waals surface area contributed by atoms with Gasteiger partial charge in [-0.15, -0.1) is 0 Å². The molecule has 12 rings (SSSR count). The Labute approximate surface area is 589 Å². The molecule has 0 N–H and O–H groups in total. The molecule has 0 spiro atoms. The SMILES string of the molecule is Cc1ccc(-c2c(-c3ccc(F)cc3)nc3cc(C)c(C)cc3[n+]2C(C)(C)C)c(C(C)(C)C)c1.Cc1ccc(-c2c(-c3ccc(F)cc3)nc3cc(F)c(F)cc3[n+]2C(C)(C)C)c(C(C)(C)C)c1.Cc1ccc(-c2c(-c3ccc(F)cc3)nc3ccccc3[n+]2C(C)(C)C)c(C(C)(C)C)c1. The van der Waals surface area contributed by atoms with E-state index in [9.17, 15) is 22.0 Å². The summed E-state index contributed by atoms with van der Waals surface area (Å²) in [6.07, 6.45) is 0. The minimum Gasteiger partial charge on any atom is -0.234 e. The molecule has 11 heteroatoms. The molecule has 3 aromatic heterocycles. The predicted octanol–water partition coefficient (Wildman–Crippen LogP) is 23.0. The molecule has 12 aromatic rings. The second kappa shape index (κ2) is 27.3. The van der Waals surface area contributed by atoms with Gasteiger partial charge in [0.1, 0.15) is 51.1 Å². The maximum atomic E-state index is 14.5. The number of rotatable bonds is 6. The third-order valence-corrected chi connectivity index (χ3v) is 18.3. The zero-order chi connectivity index (χ0) is 73.3. The highest BCUT2D eigenvalue weighted by Gasteiger charge is 2.41. The summed E-state index contributed by atoms with van der Waals surface area (Å²) < 4.78 is 77.1. The van der Waals surface area contributed by atoms with E-state index in [4.69, 9.17) is 15.0 Å². The van der Waals surface area contributed by atoms with Crippen molar-refractivity contribution in [2.45, 2.75) is 192 Å². The topological polar surface area (TPSA) is 50.3 Å². The fourth-order valence-electron chi connectivity index (χ4n) is 13.5. The lowest BCUT2D eigenvalue weighted by Gasteiger charge is -2.26. The van der Waals surface area contributed by atoms with Gasteiger partial charge < -0.3 is 0 Å². The summed E-state index contributed by atoms with van der Waals surface area (Å²) in [5.74, 6) is -2.72. The molecule has 9 aromatic carbocycles. The Morgan fingerprint density at radius 2 is 0.570 bits per heavy atom. The van der Waals surface area contributed by atoms with E-state index in [1.807, 2.05) is 67.8 Å². The highest BCUT2D eigenvalue weighted by atomic mass is 19.2. The van der Waals surface area contributed by atoms with E-state index < -0.39 is 17.2 Å². The molecular formula is C89H98F5N6+3. The van der Waals surface area contributed by atoms with Gasteiger partial charge in [-0.2, -0.15) is 13.7 Å². The van der Waals surface area contributed by atoms with Crippen molar-refractivity contribution in [2.75, 3.05) is 0 Å². The van der Waals surface area contributed by atoms with Crippen LogP contribution < -0.4 is 13.7 Å². The second-order valence-electron chi connectivity index (χ2n) is 33.0. The van der Waals surface area contributed by atoms with Crippen molar-refractivity contribution >= 4 is 33.1 Å². The first-order valence-corrected chi connectivity index (χ1v) is 34.6. The molecule has 0 aliphatic heterocycles. The Balaban J connectivity index is 0.000000162. The van der Waals surface area contributed by atoms with E-state index in [1.165, 1.54) is 81.4 Å². The molecule has 0 unspecified atom stereocenters. The van der Waals surface area contributed by atoms with Gasteiger partial charge in [0.25, 0.3) is 0 Å². The Morgan fingerprint density at radius 3 is 0.910 bits per heavy atom. The fraction of sp³-hybridized carbons (Fsp3) is 0.326. The van der Waals surface area contributed by atoms with Gasteiger partial charge in [-0.05, 0) is 182 Å². The minimum atomic E-state index is -0.955. The summed E-state index contributed by atoms with van der Waals surface area (Å²) >= 11 is 0. The van der Waals surface area contributed by atoms with Gasteiger partial charge in [0.2, 0.25) is 33.6 Å². The standard InChI is InChI=1S/C31H36FN2.C29H30F3N2.C29H32FN2/c1-19-10-15-24(25(16-19)30(4,5)6)29-28(22-11-13-23(32)14-12-22)33-26-17-20(2)21(3)18-27(26)34(29)31(7,8)9;1-17-8-13-20(21(14-17)28(2,3)4)27-26(18-9-11-19(30)12-10-18)33-24-15-22(31)23(32)16-25(24)34(27)29(5,6)7;1-19-12-17-22(23(18-19)28(2,3)4)27-26(20-13-15-21(30)16-14-20)31-24-10-8-9-11-25(24)32(27)29(5,6)7/h10-18H,1-9H3;8-16H,1-7H3;8-18H,1-7H3/q3*+1. The highest BCUT2D eigenvalue weighted by Crippen LogP contribution is 2.43. The van der Waals surface area contributed by atoms with E-state index in [2.05, 4.69) is 220 Å². The Kier molecular flexibility index (Phi) is 20.0. The van der Waals surface area contributed by atoms with Crippen molar-refractivity contribution in [1.82, 2.24) is 15.0 Å². The average molecular weight is 1350 g/mol.